The molecule has 0 aromatic heterocycles. The highest BCUT2D eigenvalue weighted by Crippen LogP contribution is 2.17. The molecule has 0 saturated heterocycles. The van der Waals surface area contributed by atoms with Crippen LogP contribution in [0.15, 0.2) is 24.3 Å². The second kappa shape index (κ2) is 5.51. The van der Waals surface area contributed by atoms with Crippen LogP contribution in [0.5, 0.6) is 0 Å². The quantitative estimate of drug-likeness (QED) is 0.788. The Hall–Kier alpha value is -1.55. The minimum absolute atomic E-state index is 0.0465. The van der Waals surface area contributed by atoms with Crippen LogP contribution in [0.25, 0.3) is 0 Å². The van der Waals surface area contributed by atoms with Crippen molar-refractivity contribution < 1.29 is 9.53 Å². The zero-order valence-corrected chi connectivity index (χ0v) is 9.93. The SMILES string of the molecule is CCN(C(=O)C(C)OC)c1ccc(N)cc1. The summed E-state index contributed by atoms with van der Waals surface area (Å²) in [6, 6.07) is 7.23. The van der Waals surface area contributed by atoms with Crippen LogP contribution in [0, 0.1) is 0 Å². The van der Waals surface area contributed by atoms with Gasteiger partial charge in [-0.1, -0.05) is 0 Å². The number of anilines is 2. The van der Waals surface area contributed by atoms with E-state index in [0.717, 1.165) is 5.69 Å². The molecule has 1 amide bonds. The molecule has 1 aromatic carbocycles. The molecule has 88 valence electrons. The summed E-state index contributed by atoms with van der Waals surface area (Å²) in [5.41, 5.74) is 7.13. The van der Waals surface area contributed by atoms with Crippen molar-refractivity contribution in [2.45, 2.75) is 20.0 Å². The monoisotopic (exact) mass is 222 g/mol. The maximum atomic E-state index is 12.0. The third kappa shape index (κ3) is 2.73. The highest BCUT2D eigenvalue weighted by Gasteiger charge is 2.19. The lowest BCUT2D eigenvalue weighted by Crippen LogP contribution is -2.38. The molecule has 0 bridgehead atoms. The van der Waals surface area contributed by atoms with Crippen molar-refractivity contribution in [3.8, 4) is 0 Å². The maximum Gasteiger partial charge on any atom is 0.255 e. The number of hydrogen-bond donors (Lipinski definition) is 1. The lowest BCUT2D eigenvalue weighted by Gasteiger charge is -2.23. The summed E-state index contributed by atoms with van der Waals surface area (Å²) in [5.74, 6) is -0.0465. The van der Waals surface area contributed by atoms with Crippen LogP contribution < -0.4 is 10.6 Å². The first kappa shape index (κ1) is 12.5. The Morgan fingerprint density at radius 1 is 1.44 bits per heavy atom. The predicted octanol–water partition coefficient (Wildman–Crippen LogP) is 1.66. The van der Waals surface area contributed by atoms with Gasteiger partial charge in [0.15, 0.2) is 0 Å². The molecule has 0 aliphatic carbocycles. The Balaban J connectivity index is 2.90. The number of rotatable bonds is 4. The first-order chi connectivity index (χ1) is 7.60. The number of methoxy groups -OCH3 is 1. The fourth-order valence-electron chi connectivity index (χ4n) is 1.44. The lowest BCUT2D eigenvalue weighted by atomic mass is 10.2. The van der Waals surface area contributed by atoms with Gasteiger partial charge in [0.25, 0.3) is 5.91 Å². The van der Waals surface area contributed by atoms with E-state index in [1.165, 1.54) is 7.11 Å². The van der Waals surface area contributed by atoms with Gasteiger partial charge >= 0.3 is 0 Å². The van der Waals surface area contributed by atoms with Crippen molar-refractivity contribution in [1.82, 2.24) is 0 Å². The number of benzene rings is 1. The summed E-state index contributed by atoms with van der Waals surface area (Å²) in [6.07, 6.45) is -0.433. The van der Waals surface area contributed by atoms with E-state index in [1.807, 2.05) is 19.1 Å². The van der Waals surface area contributed by atoms with Crippen molar-refractivity contribution in [1.29, 1.82) is 0 Å². The van der Waals surface area contributed by atoms with Gasteiger partial charge in [0.2, 0.25) is 0 Å². The molecular weight excluding hydrogens is 204 g/mol. The molecule has 0 spiro atoms. The van der Waals surface area contributed by atoms with E-state index < -0.39 is 6.10 Å². The number of nitrogen functional groups attached to an aromatic ring is 1. The van der Waals surface area contributed by atoms with Crippen LogP contribution in [0.4, 0.5) is 11.4 Å². The Labute approximate surface area is 96.0 Å². The van der Waals surface area contributed by atoms with Crippen molar-refractivity contribution >= 4 is 17.3 Å². The molecule has 1 rings (SSSR count). The average Bonchev–Trinajstić information content (AvgIpc) is 2.31. The number of amides is 1. The van der Waals surface area contributed by atoms with Crippen molar-refractivity contribution in [2.75, 3.05) is 24.3 Å². The summed E-state index contributed by atoms with van der Waals surface area (Å²) in [5, 5.41) is 0. The van der Waals surface area contributed by atoms with Crippen molar-refractivity contribution in [2.24, 2.45) is 0 Å². The summed E-state index contributed by atoms with van der Waals surface area (Å²) >= 11 is 0. The normalized spacial score (nSPS) is 12.2. The number of carbonyl (C=O) groups excluding carboxylic acids is 1. The van der Waals surface area contributed by atoms with Gasteiger partial charge in [-0.3, -0.25) is 4.79 Å². The van der Waals surface area contributed by atoms with Gasteiger partial charge in [-0.2, -0.15) is 0 Å². The standard InChI is InChI=1S/C12H18N2O2/c1-4-14(12(15)9(2)16-3)11-7-5-10(13)6-8-11/h5-9H,4,13H2,1-3H3. The first-order valence-corrected chi connectivity index (χ1v) is 5.29. The molecule has 16 heavy (non-hydrogen) atoms. The molecule has 2 N–H and O–H groups in total. The van der Waals surface area contributed by atoms with Crippen molar-refractivity contribution in [3.63, 3.8) is 0 Å². The van der Waals surface area contributed by atoms with Crippen LogP contribution in [-0.4, -0.2) is 25.7 Å². The fraction of sp³-hybridized carbons (Fsp3) is 0.417. The van der Waals surface area contributed by atoms with E-state index in [0.29, 0.717) is 12.2 Å². The van der Waals surface area contributed by atoms with Gasteiger partial charge < -0.3 is 15.4 Å². The smallest absolute Gasteiger partial charge is 0.255 e. The minimum Gasteiger partial charge on any atom is -0.399 e. The van der Waals surface area contributed by atoms with Gasteiger partial charge in [0.1, 0.15) is 6.10 Å². The predicted molar refractivity (Wildman–Crippen MR) is 65.4 cm³/mol. The number of carbonyl (C=O) groups is 1. The highest BCUT2D eigenvalue weighted by atomic mass is 16.5. The molecule has 0 saturated carbocycles. The lowest BCUT2D eigenvalue weighted by molar-refractivity contribution is -0.127. The second-order valence-electron chi connectivity index (χ2n) is 3.55. The summed E-state index contributed by atoms with van der Waals surface area (Å²) in [7, 11) is 1.53. The number of ether oxygens (including phenoxy) is 1. The van der Waals surface area contributed by atoms with E-state index >= 15 is 0 Å². The van der Waals surface area contributed by atoms with Crippen molar-refractivity contribution in [3.05, 3.63) is 24.3 Å². The molecule has 1 unspecified atom stereocenters. The Kier molecular flexibility index (Phi) is 4.31. The van der Waals surface area contributed by atoms with Crippen LogP contribution in [0.3, 0.4) is 0 Å². The Morgan fingerprint density at radius 2 is 2.00 bits per heavy atom. The molecule has 1 aromatic rings. The van der Waals surface area contributed by atoms with Crippen LogP contribution >= 0.6 is 0 Å². The Bertz CT molecular complexity index is 349. The summed E-state index contributed by atoms with van der Waals surface area (Å²) in [4.78, 5) is 13.6. The highest BCUT2D eigenvalue weighted by molar-refractivity contribution is 5.96. The fourth-order valence-corrected chi connectivity index (χ4v) is 1.44. The van der Waals surface area contributed by atoms with Crippen LogP contribution in [0.1, 0.15) is 13.8 Å². The third-order valence-corrected chi connectivity index (χ3v) is 2.49. The molecule has 4 heteroatoms. The zero-order chi connectivity index (χ0) is 12.1. The van der Waals surface area contributed by atoms with Gasteiger partial charge in [0, 0.05) is 25.0 Å². The zero-order valence-electron chi connectivity index (χ0n) is 9.93. The van der Waals surface area contributed by atoms with E-state index in [4.69, 9.17) is 10.5 Å². The summed E-state index contributed by atoms with van der Waals surface area (Å²) < 4.78 is 5.02. The van der Waals surface area contributed by atoms with Gasteiger partial charge in [-0.05, 0) is 38.1 Å². The molecular formula is C12H18N2O2. The number of likely N-dealkylation sites (N-methyl/N-ethyl adjacent to an activating group) is 1. The molecule has 0 radical (unpaired) electrons. The van der Waals surface area contributed by atoms with Crippen LogP contribution in [0.2, 0.25) is 0 Å². The summed E-state index contributed by atoms with van der Waals surface area (Å²) in [6.45, 7) is 4.27. The van der Waals surface area contributed by atoms with E-state index in [1.54, 1.807) is 24.0 Å². The van der Waals surface area contributed by atoms with E-state index in [9.17, 15) is 4.79 Å². The first-order valence-electron chi connectivity index (χ1n) is 5.29. The second-order valence-corrected chi connectivity index (χ2v) is 3.55. The van der Waals surface area contributed by atoms with E-state index in [-0.39, 0.29) is 5.91 Å². The van der Waals surface area contributed by atoms with Gasteiger partial charge in [0.05, 0.1) is 0 Å². The van der Waals surface area contributed by atoms with Crippen LogP contribution in [-0.2, 0) is 9.53 Å². The molecule has 4 nitrogen and oxygen atoms in total. The number of nitrogens with zero attached hydrogens (tertiary/aromatic N) is 1. The third-order valence-electron chi connectivity index (χ3n) is 2.49. The number of nitrogens with two attached hydrogens (primary N) is 1. The topological polar surface area (TPSA) is 55.6 Å². The van der Waals surface area contributed by atoms with E-state index in [2.05, 4.69) is 0 Å². The largest absolute Gasteiger partial charge is 0.399 e. The molecule has 1 atom stereocenters. The van der Waals surface area contributed by atoms with Gasteiger partial charge in [-0.25, -0.2) is 0 Å². The molecule has 0 aliphatic rings. The average molecular weight is 222 g/mol. The Morgan fingerprint density at radius 3 is 2.44 bits per heavy atom. The molecule has 0 heterocycles. The minimum atomic E-state index is -0.433. The number of hydrogen-bond acceptors (Lipinski definition) is 3. The van der Waals surface area contributed by atoms with Gasteiger partial charge in [-0.15, -0.1) is 0 Å². The molecule has 0 aliphatic heterocycles. The maximum absolute atomic E-state index is 12.0. The molecule has 0 fully saturated rings.